The van der Waals surface area contributed by atoms with Crippen LogP contribution in [0.3, 0.4) is 0 Å². The number of aromatic nitrogens is 1. The van der Waals surface area contributed by atoms with E-state index in [1.165, 1.54) is 0 Å². The van der Waals surface area contributed by atoms with Crippen molar-refractivity contribution in [1.29, 1.82) is 0 Å². The summed E-state index contributed by atoms with van der Waals surface area (Å²) in [7, 11) is 0. The van der Waals surface area contributed by atoms with Crippen molar-refractivity contribution in [3.05, 3.63) is 11.8 Å². The van der Waals surface area contributed by atoms with Crippen LogP contribution in [0.4, 0.5) is 10.6 Å². The van der Waals surface area contributed by atoms with Gasteiger partial charge in [0.2, 0.25) is 0 Å². The van der Waals surface area contributed by atoms with Crippen molar-refractivity contribution in [3.63, 3.8) is 0 Å². The van der Waals surface area contributed by atoms with Crippen molar-refractivity contribution >= 4 is 11.8 Å². The van der Waals surface area contributed by atoms with Crippen molar-refractivity contribution in [2.75, 3.05) is 11.9 Å². The number of nitrogens with one attached hydrogen (secondary N) is 2. The van der Waals surface area contributed by atoms with E-state index < -0.39 is 0 Å². The van der Waals surface area contributed by atoms with Gasteiger partial charge in [-0.05, 0) is 6.42 Å². The fraction of sp³-hybridized carbons (Fsp3) is 0.750. The molecule has 1 aromatic heterocycles. The highest BCUT2D eigenvalue weighted by Gasteiger charge is 2.59. The average molecular weight is 307 g/mol. The molecule has 2 heterocycles. The fourth-order valence-electron chi connectivity index (χ4n) is 3.60. The summed E-state index contributed by atoms with van der Waals surface area (Å²) in [4.78, 5) is 12.2. The zero-order valence-corrected chi connectivity index (χ0v) is 13.9. The third-order valence-corrected chi connectivity index (χ3v) is 4.88. The number of rotatable bonds is 2. The zero-order chi connectivity index (χ0) is 16.1. The Morgan fingerprint density at radius 1 is 1.41 bits per heavy atom. The number of ether oxygens (including phenoxy) is 1. The van der Waals surface area contributed by atoms with E-state index in [0.717, 1.165) is 18.8 Å². The number of fused-ring (bicyclic) bond motifs is 1. The lowest BCUT2D eigenvalue weighted by Gasteiger charge is -2.54. The number of carbonyl (C=O) groups excluding carboxylic acids is 1. The van der Waals surface area contributed by atoms with Crippen LogP contribution in [0.1, 0.15) is 46.8 Å². The number of anilines is 1. The molecule has 6 heteroatoms. The largest absolute Gasteiger partial charge is 0.377 e. The first kappa shape index (κ1) is 15.3. The first-order valence-corrected chi connectivity index (χ1v) is 7.86. The van der Waals surface area contributed by atoms with Gasteiger partial charge < -0.3 is 14.6 Å². The lowest BCUT2D eigenvalue weighted by atomic mass is 9.57. The Kier molecular flexibility index (Phi) is 3.47. The molecule has 2 aliphatic rings. The van der Waals surface area contributed by atoms with Crippen molar-refractivity contribution in [2.24, 2.45) is 11.3 Å². The van der Waals surface area contributed by atoms with Crippen molar-refractivity contribution in [3.8, 4) is 0 Å². The summed E-state index contributed by atoms with van der Waals surface area (Å²) in [5, 5.41) is 9.72. The number of nitrogens with zero attached hydrogens (tertiary/aromatic N) is 1. The average Bonchev–Trinajstić information content (AvgIpc) is 3.02. The molecular weight excluding hydrogens is 282 g/mol. The molecule has 0 aromatic carbocycles. The molecule has 0 spiro atoms. The van der Waals surface area contributed by atoms with Gasteiger partial charge in [-0.1, -0.05) is 39.8 Å². The van der Waals surface area contributed by atoms with Crippen LogP contribution in [-0.4, -0.2) is 29.9 Å². The molecule has 1 saturated carbocycles. The molecule has 1 aromatic rings. The van der Waals surface area contributed by atoms with Gasteiger partial charge in [0, 0.05) is 35.5 Å². The smallest absolute Gasteiger partial charge is 0.320 e. The quantitative estimate of drug-likeness (QED) is 0.881. The Morgan fingerprint density at radius 2 is 2.14 bits per heavy atom. The first-order chi connectivity index (χ1) is 10.2. The van der Waals surface area contributed by atoms with Crippen LogP contribution in [0.5, 0.6) is 0 Å². The van der Waals surface area contributed by atoms with E-state index in [1.807, 2.05) is 20.8 Å². The van der Waals surface area contributed by atoms with Crippen LogP contribution >= 0.6 is 0 Å². The highest BCUT2D eigenvalue weighted by atomic mass is 16.5. The molecule has 122 valence electrons. The van der Waals surface area contributed by atoms with E-state index in [-0.39, 0.29) is 29.0 Å². The van der Waals surface area contributed by atoms with Gasteiger partial charge in [0.15, 0.2) is 5.82 Å². The van der Waals surface area contributed by atoms with Crippen molar-refractivity contribution in [1.82, 2.24) is 10.5 Å². The zero-order valence-electron chi connectivity index (χ0n) is 13.9. The molecule has 0 unspecified atom stereocenters. The van der Waals surface area contributed by atoms with Gasteiger partial charge in [0.25, 0.3) is 0 Å². The van der Waals surface area contributed by atoms with E-state index in [2.05, 4.69) is 29.6 Å². The Hall–Kier alpha value is -1.56. The third-order valence-electron chi connectivity index (χ3n) is 4.88. The number of carbonyl (C=O) groups is 1. The molecule has 6 nitrogen and oxygen atoms in total. The molecule has 2 fully saturated rings. The molecular formula is C16H25N3O3. The van der Waals surface area contributed by atoms with E-state index in [4.69, 9.17) is 9.26 Å². The molecule has 2 N–H and O–H groups in total. The van der Waals surface area contributed by atoms with Crippen LogP contribution in [0, 0.1) is 11.3 Å². The minimum absolute atomic E-state index is 0.0289. The van der Waals surface area contributed by atoms with E-state index in [1.54, 1.807) is 6.07 Å². The predicted octanol–water partition coefficient (Wildman–Crippen LogP) is 2.91. The molecule has 0 bridgehead atoms. The SMILES string of the molecule is CC(C)(C)c1cc(NC(=O)N[C@@H]2[C@@H]3CCO[C@H]3C2(C)C)no1. The van der Waals surface area contributed by atoms with Gasteiger partial charge in [-0.2, -0.15) is 0 Å². The fourth-order valence-corrected chi connectivity index (χ4v) is 3.60. The minimum Gasteiger partial charge on any atom is -0.377 e. The van der Waals surface area contributed by atoms with Gasteiger partial charge in [-0.25, -0.2) is 4.79 Å². The van der Waals surface area contributed by atoms with Gasteiger partial charge in [0.1, 0.15) is 5.76 Å². The van der Waals surface area contributed by atoms with Gasteiger partial charge in [0.05, 0.1) is 6.10 Å². The molecule has 3 atom stereocenters. The maximum Gasteiger partial charge on any atom is 0.320 e. The van der Waals surface area contributed by atoms with Crippen LogP contribution in [0.2, 0.25) is 0 Å². The molecule has 22 heavy (non-hydrogen) atoms. The standard InChI is InChI=1S/C16H25N3O3/c1-15(2,3)10-8-11(19-22-10)17-14(20)18-12-9-6-7-21-13(9)16(12,4)5/h8-9,12-13H,6-7H2,1-5H3,(H2,17,18,19,20)/t9-,12+,13+/m0/s1. The summed E-state index contributed by atoms with van der Waals surface area (Å²) in [6, 6.07) is 1.67. The number of urea groups is 1. The highest BCUT2D eigenvalue weighted by Crippen LogP contribution is 2.52. The first-order valence-electron chi connectivity index (χ1n) is 7.86. The minimum atomic E-state index is -0.239. The maximum atomic E-state index is 12.2. The third kappa shape index (κ3) is 2.49. The molecule has 1 saturated heterocycles. The van der Waals surface area contributed by atoms with Crippen molar-refractivity contribution in [2.45, 2.75) is 58.6 Å². The maximum absolute atomic E-state index is 12.2. The Labute approximate surface area is 131 Å². The normalized spacial score (nSPS) is 29.6. The summed E-state index contributed by atoms with van der Waals surface area (Å²) in [6.07, 6.45) is 1.27. The van der Waals surface area contributed by atoms with Crippen LogP contribution in [0.15, 0.2) is 10.6 Å². The number of hydrogen-bond donors (Lipinski definition) is 2. The monoisotopic (exact) mass is 307 g/mol. The van der Waals surface area contributed by atoms with Gasteiger partial charge in [-0.15, -0.1) is 0 Å². The van der Waals surface area contributed by atoms with E-state index >= 15 is 0 Å². The lowest BCUT2D eigenvalue weighted by molar-refractivity contribution is -0.107. The Balaban J connectivity index is 1.60. The predicted molar refractivity (Wildman–Crippen MR) is 82.8 cm³/mol. The van der Waals surface area contributed by atoms with E-state index in [0.29, 0.717) is 11.7 Å². The highest BCUT2D eigenvalue weighted by molar-refractivity contribution is 5.88. The van der Waals surface area contributed by atoms with Crippen LogP contribution < -0.4 is 10.6 Å². The summed E-state index contributed by atoms with van der Waals surface area (Å²) < 4.78 is 11.0. The lowest BCUT2D eigenvalue weighted by Crippen LogP contribution is -2.67. The summed E-state index contributed by atoms with van der Waals surface area (Å²) in [5.74, 6) is 1.61. The summed E-state index contributed by atoms with van der Waals surface area (Å²) in [5.41, 5.74) is -0.160. The second-order valence-electron chi connectivity index (χ2n) is 7.97. The number of amides is 2. The second kappa shape index (κ2) is 4.98. The molecule has 3 rings (SSSR count). The van der Waals surface area contributed by atoms with Crippen LogP contribution in [-0.2, 0) is 10.2 Å². The number of hydrogen-bond acceptors (Lipinski definition) is 4. The van der Waals surface area contributed by atoms with Gasteiger partial charge >= 0.3 is 6.03 Å². The van der Waals surface area contributed by atoms with E-state index in [9.17, 15) is 4.79 Å². The summed E-state index contributed by atoms with van der Waals surface area (Å²) in [6.45, 7) is 11.2. The van der Waals surface area contributed by atoms with Gasteiger partial charge in [-0.3, -0.25) is 5.32 Å². The molecule has 1 aliphatic heterocycles. The summed E-state index contributed by atoms with van der Waals surface area (Å²) >= 11 is 0. The molecule has 0 radical (unpaired) electrons. The molecule has 1 aliphatic carbocycles. The Bertz CT molecular complexity index is 573. The van der Waals surface area contributed by atoms with Crippen molar-refractivity contribution < 1.29 is 14.1 Å². The Morgan fingerprint density at radius 3 is 2.77 bits per heavy atom. The molecule has 2 amide bonds. The van der Waals surface area contributed by atoms with Crippen LogP contribution in [0.25, 0.3) is 0 Å². The second-order valence-corrected chi connectivity index (χ2v) is 7.97. The topological polar surface area (TPSA) is 76.4 Å².